The largest absolute Gasteiger partial charge is 0.492 e. The zero-order valence-electron chi connectivity index (χ0n) is 35.0. The van der Waals surface area contributed by atoms with Crippen LogP contribution in [0.2, 0.25) is 0 Å². The number of fused-ring (bicyclic) bond motifs is 4. The first-order chi connectivity index (χ1) is 26.4. The summed E-state index contributed by atoms with van der Waals surface area (Å²) in [6.07, 6.45) is 1.31. The molecule has 0 fully saturated rings. The van der Waals surface area contributed by atoms with Crippen molar-refractivity contribution in [3.05, 3.63) is 150 Å². The SMILES string of the molecule is [2H]C([2H])([2H])c1cnc(-c2[c-]ccc3c2Oc2c(n(-c4ccccc4)c4ccccc24)O3)cc1C([2H])([2H])[2H].[2H]C([2H])(c1ccc(-c2[c-]cccc2)nc1)C(C)(C)C.[Ir]. The van der Waals surface area contributed by atoms with Crippen molar-refractivity contribution in [3.63, 3.8) is 0 Å². The van der Waals surface area contributed by atoms with Crippen molar-refractivity contribution in [2.24, 2.45) is 5.41 Å². The maximum absolute atomic E-state index is 8.21. The Kier molecular flexibility index (Phi) is 7.26. The molecule has 4 aromatic carbocycles. The fraction of sp³-hybridized carbons (Fsp3) is 0.163. The number of hydrogen-bond donors (Lipinski definition) is 0. The number of aromatic nitrogens is 3. The first-order valence-corrected chi connectivity index (χ1v) is 15.5. The Morgan fingerprint density at radius 3 is 2.27 bits per heavy atom. The molecule has 0 saturated carbocycles. The van der Waals surface area contributed by atoms with Gasteiger partial charge in [-0.1, -0.05) is 86.5 Å². The van der Waals surface area contributed by atoms with E-state index in [1.165, 1.54) is 6.07 Å². The van der Waals surface area contributed by atoms with E-state index >= 15 is 0 Å². The zero-order valence-corrected chi connectivity index (χ0v) is 29.4. The Labute approximate surface area is 313 Å². The van der Waals surface area contributed by atoms with Gasteiger partial charge in [0, 0.05) is 54.5 Å². The van der Waals surface area contributed by atoms with Crippen LogP contribution in [0.4, 0.5) is 0 Å². The molecule has 247 valence electrons. The molecule has 3 aromatic heterocycles. The molecular weight excluding hydrogens is 783 g/mol. The van der Waals surface area contributed by atoms with Gasteiger partial charge in [0.2, 0.25) is 5.88 Å². The van der Waals surface area contributed by atoms with Gasteiger partial charge >= 0.3 is 0 Å². The summed E-state index contributed by atoms with van der Waals surface area (Å²) < 4.78 is 78.1. The van der Waals surface area contributed by atoms with Crippen LogP contribution in [-0.4, -0.2) is 14.5 Å². The van der Waals surface area contributed by atoms with Gasteiger partial charge in [0.15, 0.2) is 5.75 Å². The summed E-state index contributed by atoms with van der Waals surface area (Å²) in [7, 11) is 0. The third-order valence-electron chi connectivity index (χ3n) is 7.55. The summed E-state index contributed by atoms with van der Waals surface area (Å²) in [5, 5.41) is 0.829. The zero-order chi connectivity index (χ0) is 40.0. The van der Waals surface area contributed by atoms with Crippen LogP contribution in [0, 0.1) is 31.3 Å². The van der Waals surface area contributed by atoms with Crippen molar-refractivity contribution in [2.75, 3.05) is 0 Å². The second-order valence-electron chi connectivity index (χ2n) is 12.3. The quantitative estimate of drug-likeness (QED) is 0.166. The maximum atomic E-state index is 8.21. The van der Waals surface area contributed by atoms with Crippen molar-refractivity contribution >= 4 is 10.9 Å². The van der Waals surface area contributed by atoms with Crippen molar-refractivity contribution in [2.45, 2.75) is 40.8 Å². The van der Waals surface area contributed by atoms with Gasteiger partial charge in [-0.05, 0) is 72.3 Å². The minimum absolute atomic E-state index is 0. The van der Waals surface area contributed by atoms with E-state index in [1.807, 2.05) is 116 Å². The fourth-order valence-electron chi connectivity index (χ4n) is 5.46. The molecule has 1 aliphatic heterocycles. The van der Waals surface area contributed by atoms with Crippen molar-refractivity contribution in [1.29, 1.82) is 0 Å². The normalized spacial score (nSPS) is 14.8. The number of rotatable bonds is 4. The van der Waals surface area contributed by atoms with Crippen LogP contribution < -0.4 is 9.47 Å². The summed E-state index contributed by atoms with van der Waals surface area (Å²) in [6, 6.07) is 39.6. The van der Waals surface area contributed by atoms with Crippen molar-refractivity contribution < 1.29 is 40.5 Å². The molecular formula is C43H37IrN3O2-2. The molecule has 0 unspecified atom stereocenters. The third kappa shape index (κ3) is 7.22. The topological polar surface area (TPSA) is 49.2 Å². The van der Waals surface area contributed by atoms with Crippen LogP contribution in [0.1, 0.15) is 48.4 Å². The standard InChI is InChI=1S/C27H19N2O2.C16H18N.Ir/c1-17-15-22(28-16-18(17)2)20-12-8-14-24-25(20)31-26-21-11-6-7-13-23(21)29(27(26)30-24)19-9-4-3-5-10-19;1-16(2,3)11-13-9-10-15(17-12-13)14-7-5-4-6-8-14;/h3-11,13-16H,1-2H3;4-7,9-10,12H,11H2,1-3H3;/q2*-1;/i1D3,2D3;11D2;. The van der Waals surface area contributed by atoms with Gasteiger partial charge in [0.25, 0.3) is 0 Å². The van der Waals surface area contributed by atoms with Gasteiger partial charge < -0.3 is 19.4 Å². The summed E-state index contributed by atoms with van der Waals surface area (Å²) in [5.41, 5.74) is 3.65. The first kappa shape index (κ1) is 25.0. The molecule has 0 spiro atoms. The first-order valence-electron chi connectivity index (χ1n) is 19.5. The smallest absolute Gasteiger partial charge is 0.246 e. The minimum atomic E-state index is -2.65. The van der Waals surface area contributed by atoms with E-state index in [2.05, 4.69) is 22.1 Å². The Morgan fingerprint density at radius 2 is 1.53 bits per heavy atom. The molecule has 0 atom stereocenters. The second kappa shape index (κ2) is 14.2. The maximum Gasteiger partial charge on any atom is 0.246 e. The summed E-state index contributed by atoms with van der Waals surface area (Å²) in [6.45, 7) is 0.413. The van der Waals surface area contributed by atoms with Gasteiger partial charge in [-0.3, -0.25) is 4.57 Å². The predicted molar refractivity (Wildman–Crippen MR) is 193 cm³/mol. The number of pyridine rings is 2. The van der Waals surface area contributed by atoms with E-state index in [9.17, 15) is 0 Å². The molecule has 5 nitrogen and oxygen atoms in total. The van der Waals surface area contributed by atoms with Gasteiger partial charge in [-0.2, -0.15) is 0 Å². The van der Waals surface area contributed by atoms with Crippen LogP contribution in [0.3, 0.4) is 0 Å². The fourth-order valence-corrected chi connectivity index (χ4v) is 5.46. The van der Waals surface area contributed by atoms with Gasteiger partial charge in [0.05, 0.1) is 17.0 Å². The van der Waals surface area contributed by atoms with Crippen LogP contribution in [-0.2, 0) is 26.5 Å². The number of nitrogens with zero attached hydrogens (tertiary/aromatic N) is 3. The monoisotopic (exact) mass is 828 g/mol. The number of hydrogen-bond acceptors (Lipinski definition) is 4. The molecule has 0 N–H and O–H groups in total. The van der Waals surface area contributed by atoms with E-state index in [1.54, 1.807) is 18.3 Å². The third-order valence-corrected chi connectivity index (χ3v) is 7.55. The van der Waals surface area contributed by atoms with Crippen LogP contribution >= 0.6 is 0 Å². The molecule has 0 amide bonds. The molecule has 0 bridgehead atoms. The number of ether oxygens (including phenoxy) is 2. The van der Waals surface area contributed by atoms with Gasteiger partial charge in [-0.25, -0.2) is 0 Å². The Hall–Kier alpha value is -5.03. The van der Waals surface area contributed by atoms with E-state index in [0.717, 1.165) is 34.0 Å². The Bertz CT molecular complexity index is 2510. The molecule has 1 radical (unpaired) electrons. The minimum Gasteiger partial charge on any atom is -0.492 e. The van der Waals surface area contributed by atoms with E-state index < -0.39 is 25.5 Å². The molecule has 1 aliphatic rings. The average Bonchev–Trinajstić information content (AvgIpc) is 3.49. The summed E-state index contributed by atoms with van der Waals surface area (Å²) >= 11 is 0. The van der Waals surface area contributed by atoms with Crippen LogP contribution in [0.5, 0.6) is 23.1 Å². The molecule has 4 heterocycles. The van der Waals surface area contributed by atoms with Crippen molar-refractivity contribution in [3.8, 4) is 51.3 Å². The van der Waals surface area contributed by atoms with Crippen LogP contribution in [0.25, 0.3) is 39.1 Å². The summed E-state index contributed by atoms with van der Waals surface area (Å²) in [4.78, 5) is 8.64. The molecule has 49 heavy (non-hydrogen) atoms. The second-order valence-corrected chi connectivity index (χ2v) is 12.3. The molecule has 8 rings (SSSR count). The Balaban J connectivity index is 0.000000233. The molecule has 7 aromatic rings. The number of benzene rings is 4. The number of para-hydroxylation sites is 2. The van der Waals surface area contributed by atoms with E-state index in [-0.39, 0.29) is 36.9 Å². The number of aryl methyl sites for hydroxylation is 2. The summed E-state index contributed by atoms with van der Waals surface area (Å²) in [5.74, 6) is 1.73. The predicted octanol–water partition coefficient (Wildman–Crippen LogP) is 11.1. The molecule has 0 aliphatic carbocycles. The van der Waals surface area contributed by atoms with Gasteiger partial charge in [0.1, 0.15) is 0 Å². The van der Waals surface area contributed by atoms with E-state index in [4.69, 9.17) is 20.4 Å². The van der Waals surface area contributed by atoms with Crippen LogP contribution in [0.15, 0.2) is 122 Å². The molecule has 6 heteroatoms. The van der Waals surface area contributed by atoms with E-state index in [0.29, 0.717) is 34.3 Å². The van der Waals surface area contributed by atoms with Gasteiger partial charge in [-0.15, -0.1) is 48.0 Å². The van der Waals surface area contributed by atoms with Crippen molar-refractivity contribution in [1.82, 2.24) is 14.5 Å². The molecule has 0 saturated heterocycles. The average molecular weight is 828 g/mol. The Morgan fingerprint density at radius 1 is 0.755 bits per heavy atom.